The van der Waals surface area contributed by atoms with E-state index < -0.39 is 0 Å². The SMILES string of the molecule is Cc1cc(C(=O)N2CCC(NC(=O)NC3CCCCC3)CC2)c2ccccc2n1. The number of amides is 3. The van der Waals surface area contributed by atoms with Crippen LogP contribution >= 0.6 is 0 Å². The van der Waals surface area contributed by atoms with Crippen LogP contribution < -0.4 is 10.6 Å². The lowest BCUT2D eigenvalue weighted by Gasteiger charge is -2.33. The third-order valence-electron chi connectivity index (χ3n) is 6.13. The Labute approximate surface area is 172 Å². The lowest BCUT2D eigenvalue weighted by Crippen LogP contribution is -2.51. The molecule has 4 rings (SSSR count). The summed E-state index contributed by atoms with van der Waals surface area (Å²) in [7, 11) is 0. The van der Waals surface area contributed by atoms with Crippen LogP contribution in [0.25, 0.3) is 10.9 Å². The molecule has 0 bridgehead atoms. The van der Waals surface area contributed by atoms with E-state index in [0.29, 0.717) is 19.1 Å². The Hall–Kier alpha value is -2.63. The number of pyridine rings is 1. The van der Waals surface area contributed by atoms with Gasteiger partial charge < -0.3 is 15.5 Å². The molecule has 0 radical (unpaired) electrons. The molecule has 2 fully saturated rings. The Balaban J connectivity index is 1.34. The van der Waals surface area contributed by atoms with E-state index in [1.165, 1.54) is 19.3 Å². The number of para-hydroxylation sites is 1. The Bertz CT molecular complexity index is 884. The van der Waals surface area contributed by atoms with E-state index in [9.17, 15) is 9.59 Å². The molecule has 3 amide bonds. The Kier molecular flexibility index (Phi) is 5.97. The fourth-order valence-electron chi connectivity index (χ4n) is 4.54. The van der Waals surface area contributed by atoms with Gasteiger partial charge in [0.15, 0.2) is 0 Å². The van der Waals surface area contributed by atoms with E-state index in [0.717, 1.165) is 47.8 Å². The van der Waals surface area contributed by atoms with Gasteiger partial charge in [0.2, 0.25) is 0 Å². The second-order valence-corrected chi connectivity index (χ2v) is 8.35. The van der Waals surface area contributed by atoms with Crippen molar-refractivity contribution in [1.82, 2.24) is 20.5 Å². The first-order chi connectivity index (χ1) is 14.1. The van der Waals surface area contributed by atoms with Crippen LogP contribution in [0.4, 0.5) is 4.79 Å². The van der Waals surface area contributed by atoms with Crippen LogP contribution in [0.5, 0.6) is 0 Å². The molecular weight excluding hydrogens is 364 g/mol. The fraction of sp³-hybridized carbons (Fsp3) is 0.522. The van der Waals surface area contributed by atoms with Gasteiger partial charge in [-0.3, -0.25) is 9.78 Å². The first kappa shape index (κ1) is 19.7. The number of fused-ring (bicyclic) bond motifs is 1. The number of aromatic nitrogens is 1. The van der Waals surface area contributed by atoms with Gasteiger partial charge in [-0.1, -0.05) is 37.5 Å². The maximum absolute atomic E-state index is 13.2. The third-order valence-corrected chi connectivity index (χ3v) is 6.13. The normalized spacial score (nSPS) is 18.6. The molecule has 1 aliphatic carbocycles. The van der Waals surface area contributed by atoms with Crippen molar-refractivity contribution < 1.29 is 9.59 Å². The van der Waals surface area contributed by atoms with Crippen molar-refractivity contribution >= 4 is 22.8 Å². The summed E-state index contributed by atoms with van der Waals surface area (Å²) in [5.74, 6) is 0.0526. The van der Waals surface area contributed by atoms with E-state index in [-0.39, 0.29) is 18.0 Å². The molecule has 2 aromatic rings. The fourth-order valence-corrected chi connectivity index (χ4v) is 4.54. The van der Waals surface area contributed by atoms with E-state index in [1.807, 2.05) is 42.2 Å². The van der Waals surface area contributed by atoms with Crippen LogP contribution in [0.1, 0.15) is 61.0 Å². The molecule has 6 nitrogen and oxygen atoms in total. The number of likely N-dealkylation sites (tertiary alicyclic amines) is 1. The molecule has 29 heavy (non-hydrogen) atoms. The van der Waals surface area contributed by atoms with Crippen LogP contribution in [0.3, 0.4) is 0 Å². The highest BCUT2D eigenvalue weighted by Crippen LogP contribution is 2.22. The van der Waals surface area contributed by atoms with Crippen LogP contribution in [0, 0.1) is 6.92 Å². The first-order valence-corrected chi connectivity index (χ1v) is 10.8. The molecule has 1 aromatic carbocycles. The van der Waals surface area contributed by atoms with Gasteiger partial charge in [0.1, 0.15) is 0 Å². The van der Waals surface area contributed by atoms with Gasteiger partial charge in [-0.15, -0.1) is 0 Å². The number of rotatable bonds is 3. The number of urea groups is 1. The highest BCUT2D eigenvalue weighted by Gasteiger charge is 2.26. The minimum atomic E-state index is -0.0579. The summed E-state index contributed by atoms with van der Waals surface area (Å²) in [5.41, 5.74) is 2.42. The summed E-state index contributed by atoms with van der Waals surface area (Å²) < 4.78 is 0. The predicted octanol–water partition coefficient (Wildman–Crippen LogP) is 3.78. The third kappa shape index (κ3) is 4.69. The van der Waals surface area contributed by atoms with Gasteiger partial charge in [-0.25, -0.2) is 4.79 Å². The smallest absolute Gasteiger partial charge is 0.315 e. The average molecular weight is 395 g/mol. The number of nitrogens with one attached hydrogen (secondary N) is 2. The predicted molar refractivity (Wildman–Crippen MR) is 114 cm³/mol. The van der Waals surface area contributed by atoms with Gasteiger partial charge in [0, 0.05) is 36.3 Å². The Morgan fingerprint density at radius 2 is 1.62 bits per heavy atom. The number of carbonyl (C=O) groups is 2. The monoisotopic (exact) mass is 394 g/mol. The van der Waals surface area contributed by atoms with Crippen molar-refractivity contribution in [3.63, 3.8) is 0 Å². The lowest BCUT2D eigenvalue weighted by molar-refractivity contribution is 0.0710. The van der Waals surface area contributed by atoms with Gasteiger partial charge in [0.05, 0.1) is 11.1 Å². The van der Waals surface area contributed by atoms with Crippen molar-refractivity contribution in [3.8, 4) is 0 Å². The maximum Gasteiger partial charge on any atom is 0.315 e. The zero-order valence-corrected chi connectivity index (χ0v) is 17.1. The molecule has 2 heterocycles. The molecular formula is C23H30N4O2. The number of benzene rings is 1. The minimum Gasteiger partial charge on any atom is -0.338 e. The standard InChI is InChI=1S/C23H30N4O2/c1-16-15-20(19-9-5-6-10-21(19)24-16)22(28)27-13-11-18(12-14-27)26-23(29)25-17-7-3-2-4-8-17/h5-6,9-10,15,17-18H,2-4,7-8,11-14H2,1H3,(H2,25,26,29). The van der Waals surface area contributed by atoms with Crippen LogP contribution in [0.15, 0.2) is 30.3 Å². The van der Waals surface area contributed by atoms with Gasteiger partial charge >= 0.3 is 6.03 Å². The summed E-state index contributed by atoms with van der Waals surface area (Å²) in [6, 6.07) is 10.0. The molecule has 1 saturated carbocycles. The summed E-state index contributed by atoms with van der Waals surface area (Å²) >= 11 is 0. The van der Waals surface area contributed by atoms with Crippen molar-refractivity contribution in [2.24, 2.45) is 0 Å². The zero-order valence-electron chi connectivity index (χ0n) is 17.1. The highest BCUT2D eigenvalue weighted by molar-refractivity contribution is 6.06. The molecule has 2 aliphatic rings. The maximum atomic E-state index is 13.2. The van der Waals surface area contributed by atoms with Gasteiger partial charge in [-0.05, 0) is 44.7 Å². The Morgan fingerprint density at radius 1 is 0.966 bits per heavy atom. The van der Waals surface area contributed by atoms with Crippen LogP contribution in [-0.4, -0.2) is 47.0 Å². The molecule has 2 N–H and O–H groups in total. The van der Waals surface area contributed by atoms with E-state index in [1.54, 1.807) is 0 Å². The van der Waals surface area contributed by atoms with Gasteiger partial charge in [0.25, 0.3) is 5.91 Å². The lowest BCUT2D eigenvalue weighted by atomic mass is 9.96. The van der Waals surface area contributed by atoms with Crippen molar-refractivity contribution in [3.05, 3.63) is 41.6 Å². The molecule has 154 valence electrons. The van der Waals surface area contributed by atoms with Crippen LogP contribution in [-0.2, 0) is 0 Å². The zero-order chi connectivity index (χ0) is 20.2. The highest BCUT2D eigenvalue weighted by atomic mass is 16.2. The van der Waals surface area contributed by atoms with E-state index in [4.69, 9.17) is 0 Å². The van der Waals surface area contributed by atoms with E-state index in [2.05, 4.69) is 15.6 Å². The molecule has 6 heteroatoms. The number of nitrogens with zero attached hydrogens (tertiary/aromatic N) is 2. The second-order valence-electron chi connectivity index (χ2n) is 8.35. The molecule has 1 aromatic heterocycles. The largest absolute Gasteiger partial charge is 0.338 e. The Morgan fingerprint density at radius 3 is 2.34 bits per heavy atom. The quantitative estimate of drug-likeness (QED) is 0.832. The first-order valence-electron chi connectivity index (χ1n) is 10.8. The summed E-state index contributed by atoms with van der Waals surface area (Å²) in [6.45, 7) is 3.23. The molecule has 0 spiro atoms. The van der Waals surface area contributed by atoms with Gasteiger partial charge in [-0.2, -0.15) is 0 Å². The van der Waals surface area contributed by atoms with E-state index >= 15 is 0 Å². The molecule has 0 atom stereocenters. The molecule has 1 aliphatic heterocycles. The topological polar surface area (TPSA) is 74.3 Å². The second kappa shape index (κ2) is 8.80. The van der Waals surface area contributed by atoms with Crippen LogP contribution in [0.2, 0.25) is 0 Å². The number of hydrogen-bond acceptors (Lipinski definition) is 3. The molecule has 1 saturated heterocycles. The summed E-state index contributed by atoms with van der Waals surface area (Å²) in [5, 5.41) is 7.12. The number of hydrogen-bond donors (Lipinski definition) is 2. The van der Waals surface area contributed by atoms with Crippen molar-refractivity contribution in [2.75, 3.05) is 13.1 Å². The summed E-state index contributed by atoms with van der Waals surface area (Å²) in [6.07, 6.45) is 7.42. The number of piperidine rings is 1. The van der Waals surface area contributed by atoms with Crippen molar-refractivity contribution in [1.29, 1.82) is 0 Å². The summed E-state index contributed by atoms with van der Waals surface area (Å²) in [4.78, 5) is 31.9. The minimum absolute atomic E-state index is 0.0526. The molecule has 0 unspecified atom stereocenters. The average Bonchev–Trinajstić information content (AvgIpc) is 2.74. The number of carbonyl (C=O) groups excluding carboxylic acids is 2. The van der Waals surface area contributed by atoms with Crippen molar-refractivity contribution in [2.45, 2.75) is 64.0 Å². The number of aryl methyl sites for hydroxylation is 1.